The van der Waals surface area contributed by atoms with Gasteiger partial charge in [-0.1, -0.05) is 17.7 Å². The summed E-state index contributed by atoms with van der Waals surface area (Å²) in [7, 11) is 1.77. The number of halogens is 3. The summed E-state index contributed by atoms with van der Waals surface area (Å²) in [5.41, 5.74) is 0.974. The molecule has 0 saturated heterocycles. The number of fused-ring (bicyclic) bond motifs is 1. The molecule has 0 bridgehead atoms. The van der Waals surface area contributed by atoms with Crippen molar-refractivity contribution in [2.45, 2.75) is 0 Å². The van der Waals surface area contributed by atoms with Crippen LogP contribution in [-0.2, 0) is 7.05 Å². The monoisotopic (exact) mass is 305 g/mol. The second kappa shape index (κ2) is 4.97. The van der Waals surface area contributed by atoms with Crippen molar-refractivity contribution >= 4 is 28.3 Å². The number of hydrogen-bond acceptors (Lipinski definition) is 1. The summed E-state index contributed by atoms with van der Waals surface area (Å²) < 4.78 is 28.5. The second-order valence-electron chi connectivity index (χ2n) is 4.77. The minimum atomic E-state index is -0.869. The Morgan fingerprint density at radius 3 is 2.57 bits per heavy atom. The Bertz CT molecular complexity index is 870. The molecule has 0 fully saturated rings. The van der Waals surface area contributed by atoms with Gasteiger partial charge in [0, 0.05) is 40.8 Å². The maximum atomic E-state index is 13.8. The number of aromatic nitrogens is 1. The first-order valence-electron chi connectivity index (χ1n) is 6.21. The van der Waals surface area contributed by atoms with E-state index in [1.807, 2.05) is 0 Å². The molecule has 2 aromatic carbocycles. The first-order valence-corrected chi connectivity index (χ1v) is 6.59. The molecule has 0 aliphatic heterocycles. The van der Waals surface area contributed by atoms with Crippen molar-refractivity contribution in [1.82, 2.24) is 4.57 Å². The van der Waals surface area contributed by atoms with Crippen molar-refractivity contribution in [3.05, 3.63) is 70.4 Å². The molecule has 21 heavy (non-hydrogen) atoms. The fraction of sp³-hybridized carbons (Fsp3) is 0.0625. The fourth-order valence-corrected chi connectivity index (χ4v) is 2.52. The van der Waals surface area contributed by atoms with Crippen molar-refractivity contribution in [3.8, 4) is 0 Å². The van der Waals surface area contributed by atoms with Crippen LogP contribution in [0.15, 0.2) is 42.6 Å². The molecular formula is C16H10ClF2NO. The lowest BCUT2D eigenvalue weighted by Crippen LogP contribution is -2.04. The largest absolute Gasteiger partial charge is 0.350 e. The number of rotatable bonds is 2. The third kappa shape index (κ3) is 2.32. The van der Waals surface area contributed by atoms with Gasteiger partial charge in [-0.05, 0) is 24.3 Å². The smallest absolute Gasteiger partial charge is 0.198 e. The molecule has 0 saturated carbocycles. The van der Waals surface area contributed by atoms with Crippen LogP contribution in [0.4, 0.5) is 8.78 Å². The molecular weight excluding hydrogens is 296 g/mol. The Morgan fingerprint density at radius 2 is 1.86 bits per heavy atom. The van der Waals surface area contributed by atoms with E-state index >= 15 is 0 Å². The van der Waals surface area contributed by atoms with Gasteiger partial charge in [0.2, 0.25) is 0 Å². The first kappa shape index (κ1) is 13.8. The summed E-state index contributed by atoms with van der Waals surface area (Å²) in [6, 6.07) is 8.04. The molecule has 0 unspecified atom stereocenters. The number of aryl methyl sites for hydroxylation is 1. The maximum Gasteiger partial charge on any atom is 0.198 e. The Balaban J connectivity index is 2.18. The Labute approximate surface area is 124 Å². The molecule has 106 valence electrons. The first-order chi connectivity index (χ1) is 9.97. The topological polar surface area (TPSA) is 22.0 Å². The summed E-state index contributed by atoms with van der Waals surface area (Å²) in [4.78, 5) is 12.5. The second-order valence-corrected chi connectivity index (χ2v) is 5.20. The van der Waals surface area contributed by atoms with Gasteiger partial charge in [-0.2, -0.15) is 0 Å². The highest BCUT2D eigenvalue weighted by Gasteiger charge is 2.19. The lowest BCUT2D eigenvalue weighted by atomic mass is 10.0. The van der Waals surface area contributed by atoms with Gasteiger partial charge in [-0.15, -0.1) is 0 Å². The molecule has 2 nitrogen and oxygen atoms in total. The zero-order valence-corrected chi connectivity index (χ0v) is 11.8. The molecule has 0 aliphatic carbocycles. The van der Waals surface area contributed by atoms with Crippen molar-refractivity contribution in [2.24, 2.45) is 7.05 Å². The van der Waals surface area contributed by atoms with E-state index in [-0.39, 0.29) is 5.56 Å². The van der Waals surface area contributed by atoms with Gasteiger partial charge in [-0.3, -0.25) is 4.79 Å². The quantitative estimate of drug-likeness (QED) is 0.646. The van der Waals surface area contributed by atoms with Crippen molar-refractivity contribution in [1.29, 1.82) is 0 Å². The zero-order valence-electron chi connectivity index (χ0n) is 11.0. The number of hydrogen-bond donors (Lipinski definition) is 0. The van der Waals surface area contributed by atoms with Gasteiger partial charge < -0.3 is 4.57 Å². The highest BCUT2D eigenvalue weighted by Crippen LogP contribution is 2.26. The van der Waals surface area contributed by atoms with E-state index in [2.05, 4.69) is 0 Å². The van der Waals surface area contributed by atoms with Crippen molar-refractivity contribution in [3.63, 3.8) is 0 Å². The summed E-state index contributed by atoms with van der Waals surface area (Å²) in [6.07, 6.45) is 1.62. The Hall–Kier alpha value is -2.20. The van der Waals surface area contributed by atoms with Crippen LogP contribution in [0, 0.1) is 11.6 Å². The number of benzene rings is 2. The Morgan fingerprint density at radius 1 is 1.10 bits per heavy atom. The summed E-state index contributed by atoms with van der Waals surface area (Å²) in [5, 5.41) is 1.23. The van der Waals surface area contributed by atoms with Crippen LogP contribution >= 0.6 is 11.6 Å². The number of ketones is 1. The lowest BCUT2D eigenvalue weighted by Gasteiger charge is -2.02. The normalized spacial score (nSPS) is 11.0. The van der Waals surface area contributed by atoms with Crippen LogP contribution in [0.5, 0.6) is 0 Å². The van der Waals surface area contributed by atoms with Crippen molar-refractivity contribution in [2.75, 3.05) is 0 Å². The van der Waals surface area contributed by atoms with Crippen LogP contribution < -0.4 is 0 Å². The van der Waals surface area contributed by atoms with Gasteiger partial charge in [0.25, 0.3) is 0 Å². The molecule has 0 amide bonds. The van der Waals surface area contributed by atoms with E-state index < -0.39 is 17.4 Å². The van der Waals surface area contributed by atoms with Gasteiger partial charge in [-0.25, -0.2) is 8.78 Å². The SMILES string of the molecule is Cn1cc(C(=O)c2ccc(F)cc2F)c2ccc(Cl)cc21. The molecule has 0 aliphatic rings. The molecule has 0 radical (unpaired) electrons. The van der Waals surface area contributed by atoms with E-state index in [1.54, 1.807) is 36.0 Å². The molecule has 1 heterocycles. The predicted molar refractivity (Wildman–Crippen MR) is 77.7 cm³/mol. The highest BCUT2D eigenvalue weighted by molar-refractivity contribution is 6.31. The molecule has 0 atom stereocenters. The van der Waals surface area contributed by atoms with Crippen LogP contribution in [0.2, 0.25) is 5.02 Å². The third-order valence-corrected chi connectivity index (χ3v) is 3.61. The summed E-state index contributed by atoms with van der Waals surface area (Å²) in [5.74, 6) is -2.07. The predicted octanol–water partition coefficient (Wildman–Crippen LogP) is 4.34. The molecule has 3 aromatic rings. The fourth-order valence-electron chi connectivity index (χ4n) is 2.36. The highest BCUT2D eigenvalue weighted by atomic mass is 35.5. The molecule has 1 aromatic heterocycles. The van der Waals surface area contributed by atoms with Crippen LogP contribution in [0.25, 0.3) is 10.9 Å². The molecule has 5 heteroatoms. The van der Waals surface area contributed by atoms with Gasteiger partial charge in [0.05, 0.1) is 5.56 Å². The summed E-state index contributed by atoms with van der Waals surface area (Å²) in [6.45, 7) is 0. The van der Waals surface area contributed by atoms with Crippen LogP contribution in [-0.4, -0.2) is 10.4 Å². The maximum absolute atomic E-state index is 13.8. The number of nitrogens with zero attached hydrogens (tertiary/aromatic N) is 1. The van der Waals surface area contributed by atoms with E-state index in [0.29, 0.717) is 22.0 Å². The minimum Gasteiger partial charge on any atom is -0.350 e. The van der Waals surface area contributed by atoms with Crippen LogP contribution in [0.3, 0.4) is 0 Å². The van der Waals surface area contributed by atoms with E-state index in [1.165, 1.54) is 0 Å². The van der Waals surface area contributed by atoms with E-state index in [0.717, 1.165) is 17.6 Å². The van der Waals surface area contributed by atoms with Crippen LogP contribution in [0.1, 0.15) is 15.9 Å². The molecule has 0 N–H and O–H groups in total. The number of carbonyl (C=O) groups is 1. The van der Waals surface area contributed by atoms with Gasteiger partial charge >= 0.3 is 0 Å². The molecule has 3 rings (SSSR count). The molecule has 0 spiro atoms. The zero-order chi connectivity index (χ0) is 15.1. The van der Waals surface area contributed by atoms with E-state index in [9.17, 15) is 13.6 Å². The van der Waals surface area contributed by atoms with Gasteiger partial charge in [0.1, 0.15) is 11.6 Å². The summed E-state index contributed by atoms with van der Waals surface area (Å²) >= 11 is 5.94. The average Bonchev–Trinajstić information content (AvgIpc) is 2.75. The number of carbonyl (C=O) groups excluding carboxylic acids is 1. The third-order valence-electron chi connectivity index (χ3n) is 3.37. The van der Waals surface area contributed by atoms with Gasteiger partial charge in [0.15, 0.2) is 5.78 Å². The van der Waals surface area contributed by atoms with Crippen molar-refractivity contribution < 1.29 is 13.6 Å². The average molecular weight is 306 g/mol. The Kier molecular flexibility index (Phi) is 3.26. The van der Waals surface area contributed by atoms with E-state index in [4.69, 9.17) is 11.6 Å². The lowest BCUT2D eigenvalue weighted by molar-refractivity contribution is 0.103. The standard InChI is InChI=1S/C16H10ClF2NO/c1-20-8-13(11-4-2-9(17)6-15(11)20)16(21)12-5-3-10(18)7-14(12)19/h2-8H,1H3. The minimum absolute atomic E-state index is 0.154.